The van der Waals surface area contributed by atoms with Crippen molar-refractivity contribution in [3.05, 3.63) is 75.7 Å². The van der Waals surface area contributed by atoms with Crippen molar-refractivity contribution in [2.24, 2.45) is 0 Å². The Bertz CT molecular complexity index is 1130. The zero-order valence-corrected chi connectivity index (χ0v) is 17.9. The van der Waals surface area contributed by atoms with Gasteiger partial charge in [-0.15, -0.1) is 0 Å². The minimum absolute atomic E-state index is 0.00310. The Labute approximate surface area is 184 Å². The summed E-state index contributed by atoms with van der Waals surface area (Å²) in [6.45, 7) is 6.65. The van der Waals surface area contributed by atoms with Crippen molar-refractivity contribution < 1.29 is 19.0 Å². The summed E-state index contributed by atoms with van der Waals surface area (Å²) in [5, 5.41) is 19.9. The molecule has 2 N–H and O–H groups in total. The summed E-state index contributed by atoms with van der Waals surface area (Å²) in [7, 11) is 0. The second kappa shape index (κ2) is 9.38. The fraction of sp³-hybridized carbons (Fsp3) is 0.273. The van der Waals surface area contributed by atoms with Crippen molar-refractivity contribution in [3.63, 3.8) is 0 Å². The second-order valence-corrected chi connectivity index (χ2v) is 8.07. The molecule has 0 bridgehead atoms. The number of aromatic nitrogens is 2. The molecule has 3 rings (SSSR count). The SMILES string of the molecule is CC(C)(C)c1ccc(C(=O)NCCNC(=O)c2nc(-c3cccc([N+](=O)[O-])c3)no2)cc1. The first kappa shape index (κ1) is 22.6. The molecule has 0 unspecified atom stereocenters. The minimum Gasteiger partial charge on any atom is -0.350 e. The van der Waals surface area contributed by atoms with Gasteiger partial charge in [0, 0.05) is 36.3 Å². The lowest BCUT2D eigenvalue weighted by atomic mass is 9.87. The van der Waals surface area contributed by atoms with Crippen molar-refractivity contribution in [3.8, 4) is 11.4 Å². The summed E-state index contributed by atoms with van der Waals surface area (Å²) < 4.78 is 4.94. The summed E-state index contributed by atoms with van der Waals surface area (Å²) in [5.74, 6) is -1.08. The van der Waals surface area contributed by atoms with Crippen LogP contribution in [0.1, 0.15) is 47.4 Å². The molecule has 0 saturated carbocycles. The van der Waals surface area contributed by atoms with Gasteiger partial charge in [0.1, 0.15) is 0 Å². The van der Waals surface area contributed by atoms with Crippen LogP contribution in [-0.2, 0) is 5.41 Å². The molecule has 0 atom stereocenters. The van der Waals surface area contributed by atoms with E-state index in [1.54, 1.807) is 18.2 Å². The Morgan fingerprint density at radius 1 is 1.03 bits per heavy atom. The molecule has 1 heterocycles. The zero-order chi connectivity index (χ0) is 23.3. The maximum absolute atomic E-state index is 12.2. The molecule has 0 spiro atoms. The van der Waals surface area contributed by atoms with Gasteiger partial charge in [-0.1, -0.05) is 50.2 Å². The third-order valence-corrected chi connectivity index (χ3v) is 4.64. The number of hydrogen-bond donors (Lipinski definition) is 2. The minimum atomic E-state index is -0.613. The van der Waals surface area contributed by atoms with Crippen LogP contribution in [0.4, 0.5) is 5.69 Å². The highest BCUT2D eigenvalue weighted by atomic mass is 16.6. The molecule has 10 heteroatoms. The van der Waals surface area contributed by atoms with E-state index in [-0.39, 0.29) is 41.8 Å². The van der Waals surface area contributed by atoms with Gasteiger partial charge in [0.2, 0.25) is 5.82 Å². The Hall–Kier alpha value is -4.08. The average Bonchev–Trinajstić information content (AvgIpc) is 3.26. The summed E-state index contributed by atoms with van der Waals surface area (Å²) in [5.41, 5.74) is 1.89. The second-order valence-electron chi connectivity index (χ2n) is 8.07. The Balaban J connectivity index is 1.50. The first-order valence-corrected chi connectivity index (χ1v) is 9.90. The highest BCUT2D eigenvalue weighted by Crippen LogP contribution is 2.22. The van der Waals surface area contributed by atoms with E-state index in [0.29, 0.717) is 11.1 Å². The number of nitro groups is 1. The van der Waals surface area contributed by atoms with E-state index in [4.69, 9.17) is 4.52 Å². The lowest BCUT2D eigenvalue weighted by molar-refractivity contribution is -0.384. The molecule has 3 aromatic rings. The van der Waals surface area contributed by atoms with Gasteiger partial charge in [-0.25, -0.2) is 0 Å². The van der Waals surface area contributed by atoms with Crippen LogP contribution in [0.5, 0.6) is 0 Å². The van der Waals surface area contributed by atoms with Gasteiger partial charge < -0.3 is 15.2 Å². The first-order valence-electron chi connectivity index (χ1n) is 9.90. The fourth-order valence-electron chi connectivity index (χ4n) is 2.84. The lowest BCUT2D eigenvalue weighted by Crippen LogP contribution is -2.34. The number of carbonyl (C=O) groups excluding carboxylic acids is 2. The predicted molar refractivity (Wildman–Crippen MR) is 116 cm³/mol. The van der Waals surface area contributed by atoms with Crippen LogP contribution >= 0.6 is 0 Å². The molecule has 0 aliphatic heterocycles. The number of nitrogens with one attached hydrogen (secondary N) is 2. The molecule has 2 amide bonds. The van der Waals surface area contributed by atoms with Crippen LogP contribution in [0.25, 0.3) is 11.4 Å². The number of non-ortho nitro benzene ring substituents is 1. The van der Waals surface area contributed by atoms with Crippen LogP contribution in [-0.4, -0.2) is 40.0 Å². The number of carbonyl (C=O) groups is 2. The molecule has 1 aromatic heterocycles. The van der Waals surface area contributed by atoms with Gasteiger partial charge in [0.15, 0.2) is 0 Å². The van der Waals surface area contributed by atoms with Crippen molar-refractivity contribution in [1.29, 1.82) is 0 Å². The van der Waals surface area contributed by atoms with E-state index >= 15 is 0 Å². The Morgan fingerprint density at radius 2 is 1.69 bits per heavy atom. The van der Waals surface area contributed by atoms with Crippen LogP contribution in [0.2, 0.25) is 0 Å². The van der Waals surface area contributed by atoms with Crippen LogP contribution < -0.4 is 10.6 Å². The monoisotopic (exact) mass is 437 g/mol. The Morgan fingerprint density at radius 3 is 2.31 bits per heavy atom. The van der Waals surface area contributed by atoms with Gasteiger partial charge in [0.25, 0.3) is 11.6 Å². The highest BCUT2D eigenvalue weighted by Gasteiger charge is 2.18. The van der Waals surface area contributed by atoms with Crippen LogP contribution in [0.15, 0.2) is 53.1 Å². The van der Waals surface area contributed by atoms with Crippen LogP contribution in [0.3, 0.4) is 0 Å². The van der Waals surface area contributed by atoms with E-state index in [0.717, 1.165) is 5.56 Å². The van der Waals surface area contributed by atoms with Crippen molar-refractivity contribution in [1.82, 2.24) is 20.8 Å². The average molecular weight is 437 g/mol. The summed E-state index contributed by atoms with van der Waals surface area (Å²) in [6, 6.07) is 13.1. The number of amides is 2. The third-order valence-electron chi connectivity index (χ3n) is 4.64. The van der Waals surface area contributed by atoms with E-state index in [1.807, 2.05) is 12.1 Å². The topological polar surface area (TPSA) is 140 Å². The molecule has 166 valence electrons. The van der Waals surface area contributed by atoms with Crippen molar-refractivity contribution in [2.45, 2.75) is 26.2 Å². The predicted octanol–water partition coefficient (Wildman–Crippen LogP) is 3.10. The molecular weight excluding hydrogens is 414 g/mol. The van der Waals surface area contributed by atoms with E-state index in [2.05, 4.69) is 41.5 Å². The quantitative estimate of drug-likeness (QED) is 0.329. The third kappa shape index (κ3) is 5.54. The van der Waals surface area contributed by atoms with Crippen LogP contribution in [0, 0.1) is 10.1 Å². The molecule has 0 aliphatic rings. The summed E-state index contributed by atoms with van der Waals surface area (Å²) in [6.07, 6.45) is 0. The molecule has 32 heavy (non-hydrogen) atoms. The Kier molecular flexibility index (Phi) is 6.62. The number of nitrogens with zero attached hydrogens (tertiary/aromatic N) is 3. The number of benzene rings is 2. The van der Waals surface area contributed by atoms with Crippen molar-refractivity contribution >= 4 is 17.5 Å². The summed E-state index contributed by atoms with van der Waals surface area (Å²) >= 11 is 0. The summed E-state index contributed by atoms with van der Waals surface area (Å²) in [4.78, 5) is 38.7. The number of rotatable bonds is 7. The molecular formula is C22H23N5O5. The lowest BCUT2D eigenvalue weighted by Gasteiger charge is -2.19. The maximum Gasteiger partial charge on any atom is 0.316 e. The van der Waals surface area contributed by atoms with Crippen molar-refractivity contribution in [2.75, 3.05) is 13.1 Å². The molecule has 0 fully saturated rings. The van der Waals surface area contributed by atoms with Gasteiger partial charge in [-0.2, -0.15) is 4.98 Å². The standard InChI is InChI=1S/C22H23N5O5/c1-22(2,3)16-9-7-14(8-10-16)19(28)23-11-12-24-20(29)21-25-18(26-32-21)15-5-4-6-17(13-15)27(30)31/h4-10,13H,11-12H2,1-3H3,(H,23,28)(H,24,29). The fourth-order valence-corrected chi connectivity index (χ4v) is 2.84. The van der Waals surface area contributed by atoms with E-state index in [1.165, 1.54) is 18.2 Å². The first-order chi connectivity index (χ1) is 15.1. The number of nitro benzene ring substituents is 1. The number of hydrogen-bond acceptors (Lipinski definition) is 7. The smallest absolute Gasteiger partial charge is 0.316 e. The molecule has 0 radical (unpaired) electrons. The molecule has 0 aliphatic carbocycles. The largest absolute Gasteiger partial charge is 0.350 e. The van der Waals surface area contributed by atoms with Gasteiger partial charge in [-0.05, 0) is 23.1 Å². The van der Waals surface area contributed by atoms with E-state index < -0.39 is 10.8 Å². The van der Waals surface area contributed by atoms with Gasteiger partial charge >= 0.3 is 11.8 Å². The molecule has 2 aromatic carbocycles. The normalized spacial score (nSPS) is 11.1. The van der Waals surface area contributed by atoms with E-state index in [9.17, 15) is 19.7 Å². The molecule has 0 saturated heterocycles. The van der Waals surface area contributed by atoms with Gasteiger partial charge in [-0.3, -0.25) is 19.7 Å². The van der Waals surface area contributed by atoms with Gasteiger partial charge in [0.05, 0.1) is 4.92 Å². The molecule has 10 nitrogen and oxygen atoms in total. The highest BCUT2D eigenvalue weighted by molar-refractivity contribution is 5.94. The maximum atomic E-state index is 12.2. The zero-order valence-electron chi connectivity index (χ0n) is 17.9.